The topological polar surface area (TPSA) is 56.0 Å². The van der Waals surface area contributed by atoms with E-state index in [0.29, 0.717) is 5.82 Å². The maximum Gasteiger partial charge on any atom is 0.234 e. The minimum Gasteiger partial charge on any atom is -0.264 e. The number of rotatable bonds is 3. The Morgan fingerprint density at radius 1 is 1.09 bits per heavy atom. The fourth-order valence-electron chi connectivity index (χ4n) is 2.18. The van der Waals surface area contributed by atoms with Crippen LogP contribution in [0.5, 0.6) is 0 Å². The van der Waals surface area contributed by atoms with Crippen molar-refractivity contribution in [2.75, 3.05) is 0 Å². The van der Waals surface area contributed by atoms with E-state index in [2.05, 4.69) is 20.3 Å². The van der Waals surface area contributed by atoms with Crippen LogP contribution in [-0.4, -0.2) is 24.8 Å². The van der Waals surface area contributed by atoms with Crippen molar-refractivity contribution in [3.8, 4) is 11.4 Å². The molecule has 0 atom stereocenters. The minimum atomic E-state index is 0.710. The van der Waals surface area contributed by atoms with Gasteiger partial charge in [-0.15, -0.1) is 10.2 Å². The van der Waals surface area contributed by atoms with Crippen molar-refractivity contribution in [1.82, 2.24) is 24.8 Å². The van der Waals surface area contributed by atoms with Crippen molar-refractivity contribution in [2.45, 2.75) is 6.42 Å². The van der Waals surface area contributed by atoms with Gasteiger partial charge in [0, 0.05) is 29.4 Å². The Labute approximate surface area is 135 Å². The van der Waals surface area contributed by atoms with E-state index in [0.717, 1.165) is 32.5 Å². The van der Waals surface area contributed by atoms with Crippen LogP contribution in [0.2, 0.25) is 5.02 Å². The third kappa shape index (κ3) is 2.47. The molecule has 108 valence electrons. The molecule has 0 aliphatic carbocycles. The summed E-state index contributed by atoms with van der Waals surface area (Å²) in [7, 11) is 0. The maximum absolute atomic E-state index is 5.91. The molecule has 3 aromatic heterocycles. The molecule has 1 aromatic carbocycles. The van der Waals surface area contributed by atoms with Crippen molar-refractivity contribution in [1.29, 1.82) is 0 Å². The highest BCUT2D eigenvalue weighted by molar-refractivity contribution is 7.16. The van der Waals surface area contributed by atoms with E-state index in [-0.39, 0.29) is 0 Å². The SMILES string of the molecule is Clc1ccc(Cc2nn3c(-c4cccnc4)nnc3s2)cc1. The van der Waals surface area contributed by atoms with Crippen molar-refractivity contribution in [2.24, 2.45) is 0 Å². The highest BCUT2D eigenvalue weighted by Gasteiger charge is 2.13. The lowest BCUT2D eigenvalue weighted by atomic mass is 10.2. The van der Waals surface area contributed by atoms with Crippen LogP contribution in [0.15, 0.2) is 48.8 Å². The first-order valence-electron chi connectivity index (χ1n) is 6.65. The van der Waals surface area contributed by atoms with E-state index in [4.69, 9.17) is 11.6 Å². The van der Waals surface area contributed by atoms with Gasteiger partial charge in [0.2, 0.25) is 4.96 Å². The van der Waals surface area contributed by atoms with Crippen LogP contribution in [-0.2, 0) is 6.42 Å². The molecule has 0 spiro atoms. The molecule has 0 aliphatic rings. The second-order valence-corrected chi connectivity index (χ2v) is 6.24. The zero-order valence-electron chi connectivity index (χ0n) is 11.3. The van der Waals surface area contributed by atoms with Gasteiger partial charge in [0.05, 0.1) is 0 Å². The van der Waals surface area contributed by atoms with Gasteiger partial charge in [-0.2, -0.15) is 9.61 Å². The number of pyridine rings is 1. The van der Waals surface area contributed by atoms with Gasteiger partial charge in [-0.1, -0.05) is 35.1 Å². The summed E-state index contributed by atoms with van der Waals surface area (Å²) < 4.78 is 1.77. The molecular weight excluding hydrogens is 318 g/mol. The smallest absolute Gasteiger partial charge is 0.234 e. The van der Waals surface area contributed by atoms with Crippen LogP contribution < -0.4 is 0 Å². The van der Waals surface area contributed by atoms with Crippen LogP contribution in [0.3, 0.4) is 0 Å². The average molecular weight is 328 g/mol. The third-order valence-electron chi connectivity index (χ3n) is 3.22. The molecular formula is C15H10ClN5S. The first-order valence-corrected chi connectivity index (χ1v) is 7.85. The number of nitrogens with zero attached hydrogens (tertiary/aromatic N) is 5. The average Bonchev–Trinajstić information content (AvgIpc) is 3.10. The van der Waals surface area contributed by atoms with Crippen LogP contribution >= 0.6 is 22.9 Å². The van der Waals surface area contributed by atoms with E-state index in [1.165, 1.54) is 11.3 Å². The van der Waals surface area contributed by atoms with Crippen LogP contribution in [0, 0.1) is 0 Å². The lowest BCUT2D eigenvalue weighted by Crippen LogP contribution is -1.93. The van der Waals surface area contributed by atoms with Gasteiger partial charge >= 0.3 is 0 Å². The molecule has 0 saturated carbocycles. The highest BCUT2D eigenvalue weighted by Crippen LogP contribution is 2.22. The van der Waals surface area contributed by atoms with Gasteiger partial charge in [0.1, 0.15) is 5.01 Å². The lowest BCUT2D eigenvalue weighted by Gasteiger charge is -1.97. The quantitative estimate of drug-likeness (QED) is 0.578. The van der Waals surface area contributed by atoms with Crippen molar-refractivity contribution in [3.05, 3.63) is 64.4 Å². The molecule has 4 aromatic rings. The predicted octanol–water partition coefficient (Wildman–Crippen LogP) is 3.49. The van der Waals surface area contributed by atoms with Gasteiger partial charge in [-0.25, -0.2) is 0 Å². The Morgan fingerprint density at radius 2 is 1.95 bits per heavy atom. The largest absolute Gasteiger partial charge is 0.264 e. The number of hydrogen-bond acceptors (Lipinski definition) is 5. The summed E-state index contributed by atoms with van der Waals surface area (Å²) >= 11 is 7.45. The summed E-state index contributed by atoms with van der Waals surface area (Å²) in [6, 6.07) is 11.6. The molecule has 5 nitrogen and oxygen atoms in total. The van der Waals surface area contributed by atoms with E-state index in [1.54, 1.807) is 16.9 Å². The molecule has 22 heavy (non-hydrogen) atoms. The molecule has 0 amide bonds. The first-order chi connectivity index (χ1) is 10.8. The molecule has 7 heteroatoms. The Morgan fingerprint density at radius 3 is 2.73 bits per heavy atom. The monoisotopic (exact) mass is 327 g/mol. The zero-order valence-corrected chi connectivity index (χ0v) is 12.9. The van der Waals surface area contributed by atoms with Gasteiger partial charge in [-0.3, -0.25) is 4.98 Å². The summed E-state index contributed by atoms with van der Waals surface area (Å²) in [4.78, 5) is 4.89. The predicted molar refractivity (Wildman–Crippen MR) is 86.1 cm³/mol. The van der Waals surface area contributed by atoms with E-state index in [9.17, 15) is 0 Å². The maximum atomic E-state index is 5.91. The zero-order chi connectivity index (χ0) is 14.9. The van der Waals surface area contributed by atoms with Gasteiger partial charge in [0.15, 0.2) is 5.82 Å². The number of halogens is 1. The standard InChI is InChI=1S/C15H10ClN5S/c16-12-5-3-10(4-6-12)8-13-20-21-14(18-19-15(21)22-13)11-2-1-7-17-9-11/h1-7,9H,8H2. The second-order valence-electron chi connectivity index (χ2n) is 4.76. The van der Waals surface area contributed by atoms with E-state index in [1.807, 2.05) is 36.4 Å². The summed E-state index contributed by atoms with van der Waals surface area (Å²) in [5, 5.41) is 14.7. The fourth-order valence-corrected chi connectivity index (χ4v) is 3.17. The van der Waals surface area contributed by atoms with Crippen LogP contribution in [0.1, 0.15) is 10.6 Å². The summed E-state index contributed by atoms with van der Waals surface area (Å²) in [6.45, 7) is 0. The van der Waals surface area contributed by atoms with Crippen molar-refractivity contribution >= 4 is 27.9 Å². The molecule has 4 rings (SSSR count). The molecule has 0 aliphatic heterocycles. The number of hydrogen-bond donors (Lipinski definition) is 0. The second kappa shape index (κ2) is 5.47. The number of fused-ring (bicyclic) bond motifs is 1. The van der Waals surface area contributed by atoms with E-state index < -0.39 is 0 Å². The number of benzene rings is 1. The molecule has 0 fully saturated rings. The lowest BCUT2D eigenvalue weighted by molar-refractivity contribution is 0.917. The molecule has 0 unspecified atom stereocenters. The Hall–Kier alpha value is -2.31. The Balaban J connectivity index is 1.70. The van der Waals surface area contributed by atoms with Crippen molar-refractivity contribution < 1.29 is 0 Å². The fraction of sp³-hybridized carbons (Fsp3) is 0.0667. The van der Waals surface area contributed by atoms with Gasteiger partial charge in [0.25, 0.3) is 0 Å². The van der Waals surface area contributed by atoms with Crippen molar-refractivity contribution in [3.63, 3.8) is 0 Å². The van der Waals surface area contributed by atoms with Gasteiger partial charge < -0.3 is 0 Å². The first kappa shape index (κ1) is 13.4. The van der Waals surface area contributed by atoms with Crippen LogP contribution in [0.25, 0.3) is 16.3 Å². The molecule has 0 N–H and O–H groups in total. The summed E-state index contributed by atoms with van der Waals surface area (Å²) in [6.07, 6.45) is 4.24. The minimum absolute atomic E-state index is 0.710. The molecule has 0 bridgehead atoms. The summed E-state index contributed by atoms with van der Waals surface area (Å²) in [5.41, 5.74) is 2.07. The highest BCUT2D eigenvalue weighted by atomic mass is 35.5. The van der Waals surface area contributed by atoms with Crippen LogP contribution in [0.4, 0.5) is 0 Å². The summed E-state index contributed by atoms with van der Waals surface area (Å²) in [5.74, 6) is 0.710. The Bertz CT molecular complexity index is 914. The Kier molecular flexibility index (Phi) is 3.32. The molecule has 0 radical (unpaired) electrons. The molecule has 0 saturated heterocycles. The normalized spacial score (nSPS) is 11.1. The van der Waals surface area contributed by atoms with E-state index >= 15 is 0 Å². The third-order valence-corrected chi connectivity index (χ3v) is 4.37. The number of aromatic nitrogens is 5. The van der Waals surface area contributed by atoms with Gasteiger partial charge in [-0.05, 0) is 29.8 Å². The molecule has 3 heterocycles.